The fraction of sp³-hybridized carbons (Fsp3) is 0.333. The lowest BCUT2D eigenvalue weighted by Gasteiger charge is -2.20. The monoisotopic (exact) mass is 253 g/mol. The average Bonchev–Trinajstić information content (AvgIpc) is 2.17. The number of hydrogen-bond acceptors (Lipinski definition) is 4. The van der Waals surface area contributed by atoms with Gasteiger partial charge in [0.2, 0.25) is 0 Å². The molecule has 0 spiro atoms. The van der Waals surface area contributed by atoms with Gasteiger partial charge in [-0.05, 0) is 39.0 Å². The molecule has 3 N–H and O–H groups in total. The van der Waals surface area contributed by atoms with Crippen LogP contribution in [0.15, 0.2) is 18.2 Å². The number of phenolic OH excluding ortho intramolecular Hbond substituents is 1. The summed E-state index contributed by atoms with van der Waals surface area (Å²) in [4.78, 5) is 22.2. The molecule has 0 unspecified atom stereocenters. The van der Waals surface area contributed by atoms with E-state index in [1.807, 2.05) is 0 Å². The van der Waals surface area contributed by atoms with Crippen molar-refractivity contribution in [2.45, 2.75) is 26.4 Å². The number of carbonyl (C=O) groups is 2. The Labute approximate surface area is 104 Å². The summed E-state index contributed by atoms with van der Waals surface area (Å²) in [6, 6.07) is 3.79. The van der Waals surface area contributed by atoms with Gasteiger partial charge in [0.25, 0.3) is 0 Å². The van der Waals surface area contributed by atoms with Crippen molar-refractivity contribution in [2.24, 2.45) is 0 Å². The second-order valence-corrected chi connectivity index (χ2v) is 4.66. The number of phenols is 1. The predicted octanol–water partition coefficient (Wildman–Crippen LogP) is 2.44. The summed E-state index contributed by atoms with van der Waals surface area (Å²) in [6.07, 6.45) is -1.25. The van der Waals surface area contributed by atoms with Gasteiger partial charge >= 0.3 is 12.1 Å². The number of nitrogens with one attached hydrogen (secondary N) is 1. The van der Waals surface area contributed by atoms with Crippen LogP contribution in [0.5, 0.6) is 5.75 Å². The fourth-order valence-electron chi connectivity index (χ4n) is 1.23. The topological polar surface area (TPSA) is 95.9 Å². The summed E-state index contributed by atoms with van der Waals surface area (Å²) >= 11 is 0. The number of aromatic hydroxyl groups is 1. The van der Waals surface area contributed by atoms with Crippen molar-refractivity contribution >= 4 is 17.7 Å². The molecule has 18 heavy (non-hydrogen) atoms. The highest BCUT2D eigenvalue weighted by molar-refractivity contribution is 5.95. The third-order valence-electron chi connectivity index (χ3n) is 1.87. The van der Waals surface area contributed by atoms with Gasteiger partial charge in [-0.15, -0.1) is 0 Å². The van der Waals surface area contributed by atoms with Gasteiger partial charge in [0, 0.05) is 5.69 Å². The highest BCUT2D eigenvalue weighted by atomic mass is 16.6. The molecule has 0 saturated heterocycles. The summed E-state index contributed by atoms with van der Waals surface area (Å²) in [5, 5.41) is 20.2. The Balaban J connectivity index is 3.00. The van der Waals surface area contributed by atoms with Crippen molar-refractivity contribution in [1.29, 1.82) is 0 Å². The minimum absolute atomic E-state index is 0.0869. The number of rotatable bonds is 2. The zero-order valence-electron chi connectivity index (χ0n) is 10.4. The lowest BCUT2D eigenvalue weighted by atomic mass is 10.1. The predicted molar refractivity (Wildman–Crippen MR) is 64.9 cm³/mol. The number of ether oxygens (including phenoxy) is 1. The van der Waals surface area contributed by atoms with Gasteiger partial charge in [-0.3, -0.25) is 5.32 Å². The molecule has 0 aromatic heterocycles. The zero-order chi connectivity index (χ0) is 13.9. The van der Waals surface area contributed by atoms with E-state index in [0.29, 0.717) is 0 Å². The van der Waals surface area contributed by atoms with E-state index in [1.54, 1.807) is 20.8 Å². The van der Waals surface area contributed by atoms with Crippen molar-refractivity contribution in [1.82, 2.24) is 0 Å². The van der Waals surface area contributed by atoms with Crippen molar-refractivity contribution in [3.63, 3.8) is 0 Å². The number of carbonyl (C=O) groups excluding carboxylic acids is 1. The summed E-state index contributed by atoms with van der Waals surface area (Å²) in [5.74, 6) is -0.978. The van der Waals surface area contributed by atoms with E-state index < -0.39 is 17.7 Å². The molecule has 1 rings (SSSR count). The summed E-state index contributed by atoms with van der Waals surface area (Å²) in [6.45, 7) is 5.09. The van der Waals surface area contributed by atoms with Crippen LogP contribution in [-0.2, 0) is 4.74 Å². The number of benzene rings is 1. The Morgan fingerprint density at radius 3 is 2.39 bits per heavy atom. The minimum atomic E-state index is -1.25. The molecule has 0 saturated carbocycles. The Kier molecular flexibility index (Phi) is 3.80. The minimum Gasteiger partial charge on any atom is -0.507 e. The zero-order valence-corrected chi connectivity index (χ0v) is 10.4. The number of anilines is 1. The van der Waals surface area contributed by atoms with Crippen molar-refractivity contribution in [3.8, 4) is 5.75 Å². The van der Waals surface area contributed by atoms with Gasteiger partial charge in [0.15, 0.2) is 0 Å². The second kappa shape index (κ2) is 4.95. The van der Waals surface area contributed by atoms with Crippen molar-refractivity contribution in [3.05, 3.63) is 23.8 Å². The van der Waals surface area contributed by atoms with E-state index in [-0.39, 0.29) is 17.0 Å². The number of amides is 1. The number of carboxylic acid groups (broad SMARTS) is 1. The lowest BCUT2D eigenvalue weighted by Crippen LogP contribution is -2.24. The number of hydrogen-bond donors (Lipinski definition) is 3. The number of esters is 1. The lowest BCUT2D eigenvalue weighted by molar-refractivity contribution is 0.00668. The molecular formula is C12H15NO5. The summed E-state index contributed by atoms with van der Waals surface area (Å²) in [5.41, 5.74) is -0.600. The highest BCUT2D eigenvalue weighted by Crippen LogP contribution is 2.24. The van der Waals surface area contributed by atoms with E-state index in [9.17, 15) is 14.7 Å². The highest BCUT2D eigenvalue weighted by Gasteiger charge is 2.21. The maximum absolute atomic E-state index is 11.8. The first-order valence-corrected chi connectivity index (χ1v) is 5.25. The van der Waals surface area contributed by atoms with Crippen molar-refractivity contribution in [2.75, 3.05) is 5.32 Å². The molecule has 0 radical (unpaired) electrons. The van der Waals surface area contributed by atoms with Gasteiger partial charge < -0.3 is 14.9 Å². The first-order valence-electron chi connectivity index (χ1n) is 5.25. The van der Waals surface area contributed by atoms with Crippen LogP contribution >= 0.6 is 0 Å². The average molecular weight is 253 g/mol. The molecule has 98 valence electrons. The third-order valence-corrected chi connectivity index (χ3v) is 1.87. The summed E-state index contributed by atoms with van der Waals surface area (Å²) < 4.78 is 5.09. The third kappa shape index (κ3) is 3.97. The van der Waals surface area contributed by atoms with Crippen molar-refractivity contribution < 1.29 is 24.5 Å². The van der Waals surface area contributed by atoms with Crippen LogP contribution in [0.2, 0.25) is 0 Å². The molecule has 0 atom stereocenters. The Morgan fingerprint density at radius 2 is 1.89 bits per heavy atom. The standard InChI is InChI=1S/C12H15NO5/c1-12(2,3)18-10(15)8-6-7(13-11(16)17)4-5-9(8)14/h4-6,13-14H,1-3H3,(H,16,17). The SMILES string of the molecule is CC(C)(C)OC(=O)c1cc(NC(=O)O)ccc1O. The molecule has 0 aliphatic heterocycles. The Bertz CT molecular complexity index is 476. The van der Waals surface area contributed by atoms with Crippen LogP contribution in [-0.4, -0.2) is 27.9 Å². The van der Waals surface area contributed by atoms with Gasteiger partial charge in [-0.1, -0.05) is 0 Å². The van der Waals surface area contributed by atoms with Gasteiger partial charge in [-0.25, -0.2) is 9.59 Å². The summed E-state index contributed by atoms with van der Waals surface area (Å²) in [7, 11) is 0. The molecule has 6 heteroatoms. The molecule has 0 heterocycles. The second-order valence-electron chi connectivity index (χ2n) is 4.66. The molecule has 1 aromatic rings. The van der Waals surface area contributed by atoms with E-state index in [2.05, 4.69) is 5.32 Å². The van der Waals surface area contributed by atoms with Crippen LogP contribution in [0.4, 0.5) is 10.5 Å². The van der Waals surface area contributed by atoms with Crippen LogP contribution < -0.4 is 5.32 Å². The van der Waals surface area contributed by atoms with E-state index in [0.717, 1.165) is 0 Å². The molecule has 0 fully saturated rings. The van der Waals surface area contributed by atoms with Crippen LogP contribution in [0.3, 0.4) is 0 Å². The maximum Gasteiger partial charge on any atom is 0.409 e. The molecular weight excluding hydrogens is 238 g/mol. The fourth-order valence-corrected chi connectivity index (χ4v) is 1.23. The largest absolute Gasteiger partial charge is 0.507 e. The van der Waals surface area contributed by atoms with Crippen LogP contribution in [0.25, 0.3) is 0 Å². The van der Waals surface area contributed by atoms with Gasteiger partial charge in [0.05, 0.1) is 0 Å². The quantitative estimate of drug-likeness (QED) is 0.555. The normalized spacial score (nSPS) is 10.8. The van der Waals surface area contributed by atoms with Crippen LogP contribution in [0.1, 0.15) is 31.1 Å². The maximum atomic E-state index is 11.8. The molecule has 0 aliphatic carbocycles. The first kappa shape index (κ1) is 13.8. The Morgan fingerprint density at radius 1 is 1.28 bits per heavy atom. The molecule has 0 bridgehead atoms. The van der Waals surface area contributed by atoms with Gasteiger partial charge in [0.1, 0.15) is 16.9 Å². The van der Waals surface area contributed by atoms with E-state index >= 15 is 0 Å². The van der Waals surface area contributed by atoms with Gasteiger partial charge in [-0.2, -0.15) is 0 Å². The molecule has 1 amide bonds. The molecule has 1 aromatic carbocycles. The first-order chi connectivity index (χ1) is 8.19. The Hall–Kier alpha value is -2.24. The van der Waals surface area contributed by atoms with Crippen LogP contribution in [0, 0.1) is 0 Å². The molecule has 0 aliphatic rings. The smallest absolute Gasteiger partial charge is 0.409 e. The molecule has 6 nitrogen and oxygen atoms in total. The van der Waals surface area contributed by atoms with E-state index in [4.69, 9.17) is 9.84 Å². The van der Waals surface area contributed by atoms with E-state index in [1.165, 1.54) is 18.2 Å².